The molecule has 3 heterocycles. The molecule has 0 fully saturated rings. The van der Waals surface area contributed by atoms with Crippen LogP contribution in [0.4, 0.5) is 4.39 Å². The molecule has 0 aliphatic heterocycles. The summed E-state index contributed by atoms with van der Waals surface area (Å²) in [6, 6.07) is 11.8. The van der Waals surface area contributed by atoms with Gasteiger partial charge in [-0.2, -0.15) is 0 Å². The number of aromatic nitrogens is 4. The van der Waals surface area contributed by atoms with Crippen molar-refractivity contribution in [3.63, 3.8) is 0 Å². The molecule has 0 unspecified atom stereocenters. The summed E-state index contributed by atoms with van der Waals surface area (Å²) in [5.74, 6) is 2.24. The molecular weight excluding hydrogens is 393 g/mol. The molecule has 1 atom stereocenters. The number of halogens is 1. The van der Waals surface area contributed by atoms with E-state index in [9.17, 15) is 4.39 Å². The highest BCUT2D eigenvalue weighted by atomic mass is 32.2. The minimum atomic E-state index is -0.286. The Morgan fingerprint density at radius 1 is 1.14 bits per heavy atom. The van der Waals surface area contributed by atoms with Crippen LogP contribution in [0.2, 0.25) is 0 Å². The molecule has 0 spiro atoms. The maximum Gasteiger partial charge on any atom is 0.202 e. The lowest BCUT2D eigenvalue weighted by Crippen LogP contribution is -2.20. The fraction of sp³-hybridized carbons (Fsp3) is 0.250. The second-order valence-corrected chi connectivity index (χ2v) is 7.68. The van der Waals surface area contributed by atoms with Gasteiger partial charge < -0.3 is 8.94 Å². The molecule has 0 aliphatic rings. The minimum Gasteiger partial charge on any atom is -0.461 e. The first-order valence-electron chi connectivity index (χ1n) is 9.03. The summed E-state index contributed by atoms with van der Waals surface area (Å²) in [4.78, 5) is 2.05. The van der Waals surface area contributed by atoms with E-state index >= 15 is 0 Å². The first kappa shape index (κ1) is 19.4. The second kappa shape index (κ2) is 8.22. The number of nitrogens with zero attached hydrogens (tertiary/aromatic N) is 5. The molecule has 0 bridgehead atoms. The SMILES string of the molecule is C[C@H](c1nnc(SCc2cc(-c3ccco3)on2)n1-c1ccc(F)cc1)N(C)C. The van der Waals surface area contributed by atoms with Gasteiger partial charge in [-0.1, -0.05) is 16.9 Å². The number of rotatable bonds is 7. The van der Waals surface area contributed by atoms with Gasteiger partial charge in [-0.15, -0.1) is 10.2 Å². The molecule has 0 radical (unpaired) electrons. The van der Waals surface area contributed by atoms with Gasteiger partial charge in [0.05, 0.1) is 18.0 Å². The molecule has 0 amide bonds. The fourth-order valence-corrected chi connectivity index (χ4v) is 3.60. The Bertz CT molecular complexity index is 1070. The Morgan fingerprint density at radius 2 is 1.93 bits per heavy atom. The lowest BCUT2D eigenvalue weighted by atomic mass is 10.2. The van der Waals surface area contributed by atoms with E-state index in [-0.39, 0.29) is 11.9 Å². The first-order valence-corrected chi connectivity index (χ1v) is 10.0. The third-order valence-corrected chi connectivity index (χ3v) is 5.53. The zero-order chi connectivity index (χ0) is 20.4. The van der Waals surface area contributed by atoms with Crippen molar-refractivity contribution in [1.29, 1.82) is 0 Å². The molecule has 1 aromatic carbocycles. The standard InChI is InChI=1S/C20H20FN5O2S/c1-13(25(2)3)19-22-23-20(26(19)16-8-6-14(21)7-9-16)29-12-15-11-18(28-24-15)17-5-4-10-27-17/h4-11,13H,12H2,1-3H3/t13-/m1/s1. The molecule has 0 saturated carbocycles. The van der Waals surface area contributed by atoms with Gasteiger partial charge in [0.25, 0.3) is 0 Å². The predicted octanol–water partition coefficient (Wildman–Crippen LogP) is 4.57. The van der Waals surface area contributed by atoms with E-state index in [1.807, 2.05) is 42.6 Å². The molecule has 0 N–H and O–H groups in total. The average molecular weight is 413 g/mol. The largest absolute Gasteiger partial charge is 0.461 e. The lowest BCUT2D eigenvalue weighted by Gasteiger charge is -2.20. The van der Waals surface area contributed by atoms with E-state index in [1.165, 1.54) is 23.9 Å². The van der Waals surface area contributed by atoms with Crippen molar-refractivity contribution in [1.82, 2.24) is 24.8 Å². The van der Waals surface area contributed by atoms with Crippen molar-refractivity contribution in [3.8, 4) is 17.2 Å². The number of hydrogen-bond acceptors (Lipinski definition) is 7. The van der Waals surface area contributed by atoms with Crippen molar-refractivity contribution in [2.24, 2.45) is 0 Å². The summed E-state index contributed by atoms with van der Waals surface area (Å²) in [6.45, 7) is 2.05. The maximum atomic E-state index is 13.4. The van der Waals surface area contributed by atoms with Crippen LogP contribution in [0.1, 0.15) is 24.5 Å². The Labute approximate surface area is 171 Å². The molecule has 150 valence electrons. The number of furan rings is 1. The summed E-state index contributed by atoms with van der Waals surface area (Å²) in [5, 5.41) is 13.6. The third-order valence-electron chi connectivity index (χ3n) is 4.56. The Hall–Kier alpha value is -2.91. The Kier molecular flexibility index (Phi) is 5.50. The van der Waals surface area contributed by atoms with Crippen molar-refractivity contribution in [2.45, 2.75) is 23.9 Å². The van der Waals surface area contributed by atoms with Crippen molar-refractivity contribution in [2.75, 3.05) is 14.1 Å². The van der Waals surface area contributed by atoms with Crippen LogP contribution in [0.3, 0.4) is 0 Å². The van der Waals surface area contributed by atoms with Crippen LogP contribution in [0, 0.1) is 5.82 Å². The smallest absolute Gasteiger partial charge is 0.202 e. The number of hydrogen-bond donors (Lipinski definition) is 0. The Balaban J connectivity index is 1.61. The van der Waals surface area contributed by atoms with Gasteiger partial charge in [0.2, 0.25) is 5.76 Å². The summed E-state index contributed by atoms with van der Waals surface area (Å²) in [5.41, 5.74) is 1.57. The van der Waals surface area contributed by atoms with Gasteiger partial charge >= 0.3 is 0 Å². The van der Waals surface area contributed by atoms with Crippen LogP contribution < -0.4 is 0 Å². The zero-order valence-electron chi connectivity index (χ0n) is 16.2. The molecule has 3 aromatic heterocycles. The highest BCUT2D eigenvalue weighted by Crippen LogP contribution is 2.30. The summed E-state index contributed by atoms with van der Waals surface area (Å²) in [7, 11) is 3.96. The predicted molar refractivity (Wildman–Crippen MR) is 107 cm³/mol. The van der Waals surface area contributed by atoms with Gasteiger partial charge in [0, 0.05) is 17.5 Å². The fourth-order valence-electron chi connectivity index (χ4n) is 2.76. The monoisotopic (exact) mass is 413 g/mol. The van der Waals surface area contributed by atoms with Gasteiger partial charge in [-0.05, 0) is 57.4 Å². The van der Waals surface area contributed by atoms with Crippen LogP contribution >= 0.6 is 11.8 Å². The van der Waals surface area contributed by atoms with Gasteiger partial charge in [0.1, 0.15) is 5.82 Å². The van der Waals surface area contributed by atoms with E-state index < -0.39 is 0 Å². The second-order valence-electron chi connectivity index (χ2n) is 6.74. The normalized spacial score (nSPS) is 12.6. The Morgan fingerprint density at radius 3 is 2.62 bits per heavy atom. The highest BCUT2D eigenvalue weighted by molar-refractivity contribution is 7.98. The van der Waals surface area contributed by atoms with Crippen LogP contribution in [-0.4, -0.2) is 38.9 Å². The molecule has 7 nitrogen and oxygen atoms in total. The molecule has 9 heteroatoms. The zero-order valence-corrected chi connectivity index (χ0v) is 17.1. The van der Waals surface area contributed by atoms with E-state index in [0.717, 1.165) is 17.2 Å². The average Bonchev–Trinajstić information content (AvgIpc) is 3.46. The molecule has 0 aliphatic carbocycles. The maximum absolute atomic E-state index is 13.4. The topological polar surface area (TPSA) is 73.1 Å². The van der Waals surface area contributed by atoms with Gasteiger partial charge in [-0.3, -0.25) is 9.47 Å². The van der Waals surface area contributed by atoms with Crippen LogP contribution in [0.25, 0.3) is 17.2 Å². The highest BCUT2D eigenvalue weighted by Gasteiger charge is 2.21. The van der Waals surface area contributed by atoms with E-state index in [0.29, 0.717) is 22.4 Å². The number of thioether (sulfide) groups is 1. The van der Waals surface area contributed by atoms with Crippen LogP contribution in [0.5, 0.6) is 0 Å². The van der Waals surface area contributed by atoms with E-state index in [1.54, 1.807) is 24.5 Å². The molecule has 29 heavy (non-hydrogen) atoms. The third kappa shape index (κ3) is 4.10. The molecular formula is C20H20FN5O2S. The molecule has 4 aromatic rings. The van der Waals surface area contributed by atoms with Crippen LogP contribution in [0.15, 0.2) is 62.8 Å². The first-order chi connectivity index (χ1) is 14.0. The van der Waals surface area contributed by atoms with E-state index in [4.69, 9.17) is 8.94 Å². The molecule has 4 rings (SSSR count). The summed E-state index contributed by atoms with van der Waals surface area (Å²) >= 11 is 1.48. The van der Waals surface area contributed by atoms with Crippen molar-refractivity contribution < 1.29 is 13.3 Å². The van der Waals surface area contributed by atoms with Crippen molar-refractivity contribution >= 4 is 11.8 Å². The quantitative estimate of drug-likeness (QED) is 0.411. The minimum absolute atomic E-state index is 0.0273. The molecule has 0 saturated heterocycles. The number of benzene rings is 1. The lowest BCUT2D eigenvalue weighted by molar-refractivity contribution is 0.305. The van der Waals surface area contributed by atoms with Gasteiger partial charge in [-0.25, -0.2) is 4.39 Å². The van der Waals surface area contributed by atoms with Crippen molar-refractivity contribution in [3.05, 3.63) is 66.1 Å². The van der Waals surface area contributed by atoms with Crippen LogP contribution in [-0.2, 0) is 5.75 Å². The summed E-state index contributed by atoms with van der Waals surface area (Å²) in [6.07, 6.45) is 1.59. The summed E-state index contributed by atoms with van der Waals surface area (Å²) < 4.78 is 26.1. The van der Waals surface area contributed by atoms with Gasteiger partial charge in [0.15, 0.2) is 16.7 Å². The van der Waals surface area contributed by atoms with E-state index in [2.05, 4.69) is 15.4 Å².